The van der Waals surface area contributed by atoms with E-state index in [-0.39, 0.29) is 13.0 Å². The zero-order valence-corrected chi connectivity index (χ0v) is 8.68. The van der Waals surface area contributed by atoms with Gasteiger partial charge in [-0.25, -0.2) is 0 Å². The summed E-state index contributed by atoms with van der Waals surface area (Å²) in [4.78, 5) is 10.1. The Hall–Kier alpha value is -0.220. The molecule has 2 N–H and O–H groups in total. The maximum atomic E-state index is 10.1. The highest BCUT2D eigenvalue weighted by Crippen LogP contribution is 2.08. The van der Waals surface area contributed by atoms with Crippen LogP contribution in [0.1, 0.15) is 32.1 Å². The molecule has 0 aliphatic carbocycles. The van der Waals surface area contributed by atoms with Crippen LogP contribution < -0.4 is 0 Å². The topological polar surface area (TPSA) is 57.5 Å². The first kappa shape index (κ1) is 12.8. The van der Waals surface area contributed by atoms with Crippen LogP contribution in [0.2, 0.25) is 0 Å². The molecule has 0 radical (unpaired) electrons. The Balaban J connectivity index is 2.87. The second-order valence-electron chi connectivity index (χ2n) is 2.89. The van der Waals surface area contributed by atoms with Gasteiger partial charge in [-0.3, -0.25) is 4.79 Å². The molecule has 0 amide bonds. The first-order valence-corrected chi connectivity index (χ1v) is 5.83. The van der Waals surface area contributed by atoms with Crippen molar-refractivity contribution < 1.29 is 15.0 Å². The van der Waals surface area contributed by atoms with Crippen LogP contribution in [0.5, 0.6) is 0 Å². The quantitative estimate of drug-likeness (QED) is 0.564. The van der Waals surface area contributed by atoms with E-state index in [0.29, 0.717) is 0 Å². The average Bonchev–Trinajstić information content (AvgIpc) is 2.09. The van der Waals surface area contributed by atoms with Gasteiger partial charge in [0, 0.05) is 12.4 Å². The molecule has 0 aromatic rings. The molecule has 0 fully saturated rings. The van der Waals surface area contributed by atoms with Gasteiger partial charge in [0.15, 0.2) is 0 Å². The van der Waals surface area contributed by atoms with Gasteiger partial charge in [-0.05, 0) is 18.6 Å². The van der Waals surface area contributed by atoms with E-state index in [4.69, 9.17) is 10.2 Å². The molecule has 0 saturated carbocycles. The van der Waals surface area contributed by atoms with Crippen molar-refractivity contribution in [3.63, 3.8) is 0 Å². The predicted molar refractivity (Wildman–Crippen MR) is 55.1 cm³/mol. The summed E-state index contributed by atoms with van der Waals surface area (Å²) < 4.78 is 0. The number of hydrogen-bond acceptors (Lipinski definition) is 3. The Morgan fingerprint density at radius 3 is 2.38 bits per heavy atom. The zero-order chi connectivity index (χ0) is 9.94. The average molecular weight is 206 g/mol. The first-order chi connectivity index (χ1) is 6.27. The van der Waals surface area contributed by atoms with Crippen LogP contribution in [-0.2, 0) is 4.79 Å². The smallest absolute Gasteiger partial charge is 0.304 e. The lowest BCUT2D eigenvalue weighted by molar-refractivity contribution is -0.136. The Kier molecular flexibility index (Phi) is 9.70. The van der Waals surface area contributed by atoms with Crippen molar-refractivity contribution in [3.8, 4) is 0 Å². The summed E-state index contributed by atoms with van der Waals surface area (Å²) in [7, 11) is 0. The van der Waals surface area contributed by atoms with E-state index >= 15 is 0 Å². The number of aliphatic hydroxyl groups excluding tert-OH is 1. The highest BCUT2D eigenvalue weighted by atomic mass is 32.2. The fourth-order valence-electron chi connectivity index (χ4n) is 0.931. The number of unbranched alkanes of at least 4 members (excludes halogenated alkanes) is 3. The van der Waals surface area contributed by atoms with Crippen molar-refractivity contribution in [3.05, 3.63) is 0 Å². The van der Waals surface area contributed by atoms with Crippen molar-refractivity contribution in [2.75, 3.05) is 18.1 Å². The normalized spacial score (nSPS) is 10.2. The van der Waals surface area contributed by atoms with E-state index in [1.165, 1.54) is 0 Å². The number of aliphatic carboxylic acids is 1. The molecule has 0 spiro atoms. The van der Waals surface area contributed by atoms with Crippen LogP contribution in [0.4, 0.5) is 0 Å². The third kappa shape index (κ3) is 11.8. The largest absolute Gasteiger partial charge is 0.481 e. The van der Waals surface area contributed by atoms with Crippen molar-refractivity contribution in [1.29, 1.82) is 0 Å². The summed E-state index contributed by atoms with van der Waals surface area (Å²) in [5.41, 5.74) is 0. The van der Waals surface area contributed by atoms with Crippen LogP contribution in [0.15, 0.2) is 0 Å². The van der Waals surface area contributed by atoms with Crippen molar-refractivity contribution in [2.45, 2.75) is 32.1 Å². The summed E-state index contributed by atoms with van der Waals surface area (Å²) in [5.74, 6) is 1.04. The van der Waals surface area contributed by atoms with Gasteiger partial charge in [-0.1, -0.05) is 12.8 Å². The van der Waals surface area contributed by atoms with Gasteiger partial charge in [-0.2, -0.15) is 11.8 Å². The van der Waals surface area contributed by atoms with Gasteiger partial charge < -0.3 is 10.2 Å². The Morgan fingerprint density at radius 2 is 1.77 bits per heavy atom. The lowest BCUT2D eigenvalue weighted by Crippen LogP contribution is -1.96. The summed E-state index contributed by atoms with van der Waals surface area (Å²) in [5, 5.41) is 16.8. The summed E-state index contributed by atoms with van der Waals surface area (Å²) in [6.45, 7) is 0.284. The minimum absolute atomic E-state index is 0.265. The fourth-order valence-corrected chi connectivity index (χ4v) is 1.86. The zero-order valence-electron chi connectivity index (χ0n) is 7.87. The highest BCUT2D eigenvalue weighted by Gasteiger charge is 1.96. The fraction of sp³-hybridized carbons (Fsp3) is 0.889. The second kappa shape index (κ2) is 9.86. The third-order valence-electron chi connectivity index (χ3n) is 1.66. The van der Waals surface area contributed by atoms with Gasteiger partial charge in [0.2, 0.25) is 0 Å². The minimum Gasteiger partial charge on any atom is -0.481 e. The number of carbonyl (C=O) groups is 1. The van der Waals surface area contributed by atoms with E-state index < -0.39 is 5.97 Å². The molecule has 0 rings (SSSR count). The summed E-state index contributed by atoms with van der Waals surface area (Å²) in [6.07, 6.45) is 4.50. The maximum absolute atomic E-state index is 10.1. The minimum atomic E-state index is -0.715. The number of carboxylic acid groups (broad SMARTS) is 1. The standard InChI is InChI=1S/C9H18O3S/c10-6-3-1-2-4-7-13-8-5-9(11)12/h10H,1-8H2,(H,11,12). The van der Waals surface area contributed by atoms with E-state index in [0.717, 1.165) is 37.2 Å². The van der Waals surface area contributed by atoms with E-state index in [1.807, 2.05) is 0 Å². The monoisotopic (exact) mass is 206 g/mol. The molecule has 3 nitrogen and oxygen atoms in total. The molecule has 0 heterocycles. The van der Waals surface area contributed by atoms with Gasteiger partial charge in [0.1, 0.15) is 0 Å². The number of hydrogen-bond donors (Lipinski definition) is 2. The molecule has 0 bridgehead atoms. The lowest BCUT2D eigenvalue weighted by Gasteiger charge is -1.99. The van der Waals surface area contributed by atoms with Gasteiger partial charge >= 0.3 is 5.97 Å². The maximum Gasteiger partial charge on any atom is 0.304 e. The number of thioether (sulfide) groups is 1. The molecule has 0 aromatic heterocycles. The van der Waals surface area contributed by atoms with Gasteiger partial charge in [0.25, 0.3) is 0 Å². The molecule has 0 atom stereocenters. The molecule has 0 aromatic carbocycles. The van der Waals surface area contributed by atoms with Crippen LogP contribution in [0.3, 0.4) is 0 Å². The number of carboxylic acids is 1. The van der Waals surface area contributed by atoms with Gasteiger partial charge in [-0.15, -0.1) is 0 Å². The number of aliphatic hydroxyl groups is 1. The SMILES string of the molecule is O=C(O)CCSCCCCCCO. The Bertz CT molecular complexity index is 128. The van der Waals surface area contributed by atoms with E-state index in [9.17, 15) is 4.79 Å². The van der Waals surface area contributed by atoms with Crippen LogP contribution in [-0.4, -0.2) is 34.3 Å². The third-order valence-corrected chi connectivity index (χ3v) is 2.73. The summed E-state index contributed by atoms with van der Waals surface area (Å²) >= 11 is 1.70. The molecule has 0 saturated heterocycles. The first-order valence-electron chi connectivity index (χ1n) is 4.67. The summed E-state index contributed by atoms with van der Waals surface area (Å²) in [6, 6.07) is 0. The molecular weight excluding hydrogens is 188 g/mol. The van der Waals surface area contributed by atoms with Crippen molar-refractivity contribution in [1.82, 2.24) is 0 Å². The predicted octanol–water partition coefficient (Wildman–Crippen LogP) is 1.75. The molecule has 0 aliphatic heterocycles. The highest BCUT2D eigenvalue weighted by molar-refractivity contribution is 7.99. The van der Waals surface area contributed by atoms with Crippen molar-refractivity contribution >= 4 is 17.7 Å². The molecule has 13 heavy (non-hydrogen) atoms. The van der Waals surface area contributed by atoms with Crippen LogP contribution in [0.25, 0.3) is 0 Å². The molecule has 4 heteroatoms. The molecule has 0 unspecified atom stereocenters. The van der Waals surface area contributed by atoms with Crippen LogP contribution in [0, 0.1) is 0 Å². The molecule has 0 aliphatic rings. The van der Waals surface area contributed by atoms with Crippen molar-refractivity contribution in [2.24, 2.45) is 0 Å². The molecule has 78 valence electrons. The van der Waals surface area contributed by atoms with E-state index in [1.54, 1.807) is 11.8 Å². The Morgan fingerprint density at radius 1 is 1.08 bits per heavy atom. The lowest BCUT2D eigenvalue weighted by atomic mass is 10.2. The van der Waals surface area contributed by atoms with Gasteiger partial charge in [0.05, 0.1) is 6.42 Å². The van der Waals surface area contributed by atoms with Crippen LogP contribution >= 0.6 is 11.8 Å². The second-order valence-corrected chi connectivity index (χ2v) is 4.12. The molecular formula is C9H18O3S. The number of rotatable bonds is 9. The van der Waals surface area contributed by atoms with E-state index in [2.05, 4.69) is 0 Å². The Labute approximate surface area is 83.5 Å².